The van der Waals surface area contributed by atoms with E-state index < -0.39 is 7.26 Å². The maximum absolute atomic E-state index is 2.45. The van der Waals surface area contributed by atoms with Crippen LogP contribution < -0.4 is 15.9 Å². The summed E-state index contributed by atoms with van der Waals surface area (Å²) in [7, 11) is -1.45. The molecule has 97 valence electrons. The minimum atomic E-state index is -1.45. The van der Waals surface area contributed by atoms with E-state index in [1.54, 1.807) is 0 Å². The second-order valence-electron chi connectivity index (χ2n) is 5.38. The van der Waals surface area contributed by atoms with E-state index in [1.807, 2.05) is 0 Å². The molecule has 0 amide bonds. The second-order valence-corrected chi connectivity index (χ2v) is 8.87. The summed E-state index contributed by atoms with van der Waals surface area (Å²) in [5.74, 6) is 0. The first-order chi connectivity index (χ1) is 9.82. The number of benzene rings is 3. The van der Waals surface area contributed by atoms with Gasteiger partial charge in [-0.15, -0.1) is 0 Å². The van der Waals surface area contributed by atoms with Crippen molar-refractivity contribution in [3.05, 3.63) is 78.9 Å². The van der Waals surface area contributed by atoms with E-state index in [1.165, 1.54) is 27.0 Å². The first-order valence-corrected chi connectivity index (χ1v) is 9.17. The van der Waals surface area contributed by atoms with Crippen LogP contribution in [0, 0.1) is 0 Å². The lowest BCUT2D eigenvalue weighted by molar-refractivity contribution is 1.71. The fraction of sp³-hybridized carbons (Fsp3) is 0.0526. The molecule has 0 fully saturated rings. The molecule has 1 radical (unpaired) electrons. The Balaban J connectivity index is 2.10. The molecule has 1 heteroatoms. The van der Waals surface area contributed by atoms with E-state index in [4.69, 9.17) is 0 Å². The van der Waals surface area contributed by atoms with Crippen molar-refractivity contribution in [2.75, 3.05) is 6.66 Å². The van der Waals surface area contributed by atoms with Gasteiger partial charge in [0.05, 0.1) is 0 Å². The van der Waals surface area contributed by atoms with Gasteiger partial charge in [0.25, 0.3) is 0 Å². The molecular weight excluding hydrogens is 259 g/mol. The minimum absolute atomic E-state index is 1.42. The van der Waals surface area contributed by atoms with Gasteiger partial charge in [0, 0.05) is 0 Å². The van der Waals surface area contributed by atoms with Crippen LogP contribution in [0.3, 0.4) is 0 Å². The van der Waals surface area contributed by atoms with Crippen molar-refractivity contribution in [1.29, 1.82) is 0 Å². The van der Waals surface area contributed by atoms with Crippen LogP contribution in [0.4, 0.5) is 0 Å². The van der Waals surface area contributed by atoms with Crippen molar-refractivity contribution >= 4 is 23.2 Å². The molecular formula is C19H16P. The SMILES string of the molecule is C[P]1(c2ccccc2)c2ccccc2-c2ccccc21. The minimum Gasteiger partial charge on any atom is -0.0622 e. The van der Waals surface area contributed by atoms with Crippen molar-refractivity contribution in [2.24, 2.45) is 0 Å². The van der Waals surface area contributed by atoms with Gasteiger partial charge in [0.2, 0.25) is 0 Å². The Bertz CT molecular complexity index is 729. The first-order valence-electron chi connectivity index (χ1n) is 6.93. The lowest BCUT2D eigenvalue weighted by Gasteiger charge is -2.30. The number of fused-ring (bicyclic) bond motifs is 3. The Labute approximate surface area is 120 Å². The molecule has 1 aliphatic rings. The van der Waals surface area contributed by atoms with Crippen LogP contribution in [0.5, 0.6) is 0 Å². The molecule has 0 atom stereocenters. The zero-order valence-corrected chi connectivity index (χ0v) is 12.3. The molecule has 4 rings (SSSR count). The van der Waals surface area contributed by atoms with Crippen molar-refractivity contribution in [1.82, 2.24) is 0 Å². The quantitative estimate of drug-likeness (QED) is 0.595. The molecule has 20 heavy (non-hydrogen) atoms. The molecule has 0 spiro atoms. The maximum atomic E-state index is 2.45. The van der Waals surface area contributed by atoms with Gasteiger partial charge in [0.15, 0.2) is 0 Å². The zero-order chi connectivity index (χ0) is 13.6. The highest BCUT2D eigenvalue weighted by molar-refractivity contribution is 7.96. The second kappa shape index (κ2) is 4.30. The van der Waals surface area contributed by atoms with Crippen molar-refractivity contribution < 1.29 is 0 Å². The number of hydrogen-bond donors (Lipinski definition) is 0. The summed E-state index contributed by atoms with van der Waals surface area (Å²) < 4.78 is 0. The van der Waals surface area contributed by atoms with Gasteiger partial charge < -0.3 is 0 Å². The van der Waals surface area contributed by atoms with Crippen LogP contribution in [0.1, 0.15) is 0 Å². The van der Waals surface area contributed by atoms with E-state index in [9.17, 15) is 0 Å². The Morgan fingerprint density at radius 2 is 1.00 bits per heavy atom. The van der Waals surface area contributed by atoms with Crippen molar-refractivity contribution in [3.63, 3.8) is 0 Å². The van der Waals surface area contributed by atoms with Gasteiger partial charge in [-0.2, -0.15) is 0 Å². The predicted octanol–water partition coefficient (Wildman–Crippen LogP) is 3.59. The van der Waals surface area contributed by atoms with Crippen molar-refractivity contribution in [3.8, 4) is 11.1 Å². The molecule has 0 saturated carbocycles. The van der Waals surface area contributed by atoms with Gasteiger partial charge in [-0.05, 0) is 41.0 Å². The summed E-state index contributed by atoms with van der Waals surface area (Å²) in [6, 6.07) is 28.8. The number of rotatable bonds is 1. The molecule has 0 aromatic heterocycles. The Hall–Kier alpha value is -1.91. The molecule has 1 heterocycles. The third-order valence-corrected chi connectivity index (χ3v) is 8.37. The molecule has 0 saturated heterocycles. The standard InChI is InChI=1S/C19H16P/c1-20(15-9-3-2-4-10-15)18-13-7-5-11-16(18)17-12-6-8-14-19(17)20/h2-14H,1H3. The average molecular weight is 275 g/mol. The molecule has 0 aliphatic carbocycles. The highest BCUT2D eigenvalue weighted by Gasteiger charge is 2.38. The molecule has 0 nitrogen and oxygen atoms in total. The van der Waals surface area contributed by atoms with E-state index in [0.29, 0.717) is 0 Å². The van der Waals surface area contributed by atoms with E-state index in [-0.39, 0.29) is 0 Å². The summed E-state index contributed by atoms with van der Waals surface area (Å²) in [6.45, 7) is 2.45. The Kier molecular flexibility index (Phi) is 2.55. The van der Waals surface area contributed by atoms with Gasteiger partial charge in [-0.25, -0.2) is 0 Å². The maximum Gasteiger partial charge on any atom is -0.00975 e. The normalized spacial score (nSPS) is 14.7. The van der Waals surface area contributed by atoms with Crippen LogP contribution in [-0.2, 0) is 0 Å². The third kappa shape index (κ3) is 1.46. The lowest BCUT2D eigenvalue weighted by Crippen LogP contribution is -2.26. The summed E-state index contributed by atoms with van der Waals surface area (Å²) in [5, 5.41) is 4.51. The van der Waals surface area contributed by atoms with E-state index >= 15 is 0 Å². The highest BCUT2D eigenvalue weighted by atomic mass is 31.2. The largest absolute Gasteiger partial charge is 0.0622 e. The van der Waals surface area contributed by atoms with Crippen LogP contribution in [0.2, 0.25) is 0 Å². The van der Waals surface area contributed by atoms with Crippen LogP contribution in [0.15, 0.2) is 78.9 Å². The predicted molar refractivity (Wildman–Crippen MR) is 90.1 cm³/mol. The third-order valence-electron chi connectivity index (χ3n) is 4.33. The zero-order valence-electron chi connectivity index (χ0n) is 11.5. The lowest BCUT2D eigenvalue weighted by atomic mass is 10.1. The molecule has 0 unspecified atom stereocenters. The highest BCUT2D eigenvalue weighted by Crippen LogP contribution is 2.58. The number of hydrogen-bond acceptors (Lipinski definition) is 0. The van der Waals surface area contributed by atoms with Gasteiger partial charge in [-0.1, -0.05) is 78.9 Å². The van der Waals surface area contributed by atoms with E-state index in [0.717, 1.165) is 0 Å². The first kappa shape index (κ1) is 11.9. The molecule has 3 aromatic carbocycles. The fourth-order valence-electron chi connectivity index (χ4n) is 3.32. The van der Waals surface area contributed by atoms with Crippen LogP contribution in [-0.4, -0.2) is 6.66 Å². The van der Waals surface area contributed by atoms with Crippen LogP contribution in [0.25, 0.3) is 11.1 Å². The topological polar surface area (TPSA) is 0 Å². The molecule has 3 aromatic rings. The van der Waals surface area contributed by atoms with Gasteiger partial charge >= 0.3 is 0 Å². The summed E-state index contributed by atoms with van der Waals surface area (Å²) in [6.07, 6.45) is 0. The Morgan fingerprint density at radius 3 is 1.55 bits per heavy atom. The fourth-order valence-corrected chi connectivity index (χ4v) is 7.02. The summed E-state index contributed by atoms with van der Waals surface area (Å²) in [5.41, 5.74) is 2.84. The molecule has 0 N–H and O–H groups in total. The molecule has 0 bridgehead atoms. The Morgan fingerprint density at radius 1 is 0.550 bits per heavy atom. The smallest absolute Gasteiger partial charge is 0.00975 e. The van der Waals surface area contributed by atoms with Crippen molar-refractivity contribution in [2.45, 2.75) is 0 Å². The average Bonchev–Trinajstić information content (AvgIpc) is 2.80. The van der Waals surface area contributed by atoms with Gasteiger partial charge in [0.1, 0.15) is 0 Å². The summed E-state index contributed by atoms with van der Waals surface area (Å²) >= 11 is 0. The monoisotopic (exact) mass is 275 g/mol. The van der Waals surface area contributed by atoms with Crippen LogP contribution >= 0.6 is 7.26 Å². The summed E-state index contributed by atoms with van der Waals surface area (Å²) in [4.78, 5) is 0. The van der Waals surface area contributed by atoms with E-state index in [2.05, 4.69) is 85.5 Å². The van der Waals surface area contributed by atoms with Gasteiger partial charge in [-0.3, -0.25) is 0 Å². The molecule has 1 aliphatic heterocycles.